The maximum absolute atomic E-state index is 4.42. The van der Waals surface area contributed by atoms with Crippen LogP contribution in [0.2, 0.25) is 0 Å². The Hall–Kier alpha value is -2.23. The number of aromatic amines is 1. The SMILES string of the molecule is Cc1nc(C)c2cc(-c3cn[nH]c3)ccc2n1. The maximum Gasteiger partial charge on any atom is 0.126 e. The van der Waals surface area contributed by atoms with Gasteiger partial charge in [-0.1, -0.05) is 6.07 Å². The smallest absolute Gasteiger partial charge is 0.126 e. The molecule has 4 nitrogen and oxygen atoms in total. The van der Waals surface area contributed by atoms with Gasteiger partial charge in [0.05, 0.1) is 11.7 Å². The van der Waals surface area contributed by atoms with E-state index in [0.717, 1.165) is 33.5 Å². The molecule has 0 unspecified atom stereocenters. The fourth-order valence-electron chi connectivity index (χ4n) is 2.01. The lowest BCUT2D eigenvalue weighted by Gasteiger charge is -2.04. The average Bonchev–Trinajstić information content (AvgIpc) is 2.82. The molecule has 0 aliphatic rings. The van der Waals surface area contributed by atoms with Gasteiger partial charge < -0.3 is 0 Å². The van der Waals surface area contributed by atoms with E-state index in [2.05, 4.69) is 32.3 Å². The molecule has 4 heteroatoms. The molecule has 0 aliphatic heterocycles. The summed E-state index contributed by atoms with van der Waals surface area (Å²) in [5.41, 5.74) is 4.20. The molecule has 0 aliphatic carbocycles. The van der Waals surface area contributed by atoms with Gasteiger partial charge in [-0.3, -0.25) is 5.10 Å². The van der Waals surface area contributed by atoms with Crippen molar-refractivity contribution in [1.82, 2.24) is 20.2 Å². The highest BCUT2D eigenvalue weighted by Crippen LogP contribution is 2.24. The largest absolute Gasteiger partial charge is 0.285 e. The molecular weight excluding hydrogens is 212 g/mol. The van der Waals surface area contributed by atoms with Gasteiger partial charge in [0.2, 0.25) is 0 Å². The summed E-state index contributed by atoms with van der Waals surface area (Å²) in [6.45, 7) is 3.92. The second-order valence-corrected chi connectivity index (χ2v) is 4.08. The Morgan fingerprint density at radius 3 is 2.71 bits per heavy atom. The molecule has 2 aromatic heterocycles. The minimum Gasteiger partial charge on any atom is -0.285 e. The molecule has 0 amide bonds. The molecule has 3 rings (SSSR count). The summed E-state index contributed by atoms with van der Waals surface area (Å²) in [4.78, 5) is 8.81. The van der Waals surface area contributed by atoms with E-state index in [1.807, 2.05) is 32.3 Å². The maximum atomic E-state index is 4.42. The number of H-pyrrole nitrogens is 1. The quantitative estimate of drug-likeness (QED) is 0.691. The van der Waals surface area contributed by atoms with Crippen molar-refractivity contribution in [2.24, 2.45) is 0 Å². The lowest BCUT2D eigenvalue weighted by atomic mass is 10.1. The van der Waals surface area contributed by atoms with Crippen molar-refractivity contribution in [2.45, 2.75) is 13.8 Å². The second kappa shape index (κ2) is 3.66. The third kappa shape index (κ3) is 1.67. The lowest BCUT2D eigenvalue weighted by molar-refractivity contribution is 1.05. The van der Waals surface area contributed by atoms with Gasteiger partial charge in [0.25, 0.3) is 0 Å². The zero-order valence-electron chi connectivity index (χ0n) is 9.73. The summed E-state index contributed by atoms with van der Waals surface area (Å²) < 4.78 is 0. The van der Waals surface area contributed by atoms with E-state index >= 15 is 0 Å². The molecule has 0 fully saturated rings. The Kier molecular flexibility index (Phi) is 2.14. The summed E-state index contributed by atoms with van der Waals surface area (Å²) in [6.07, 6.45) is 3.69. The predicted molar refractivity (Wildman–Crippen MR) is 66.6 cm³/mol. The van der Waals surface area contributed by atoms with Crippen molar-refractivity contribution in [3.05, 3.63) is 42.1 Å². The van der Waals surface area contributed by atoms with Crippen molar-refractivity contribution in [1.29, 1.82) is 0 Å². The zero-order valence-corrected chi connectivity index (χ0v) is 9.73. The Morgan fingerprint density at radius 1 is 1.06 bits per heavy atom. The van der Waals surface area contributed by atoms with Gasteiger partial charge in [-0.05, 0) is 31.5 Å². The van der Waals surface area contributed by atoms with Crippen LogP contribution in [0.1, 0.15) is 11.5 Å². The van der Waals surface area contributed by atoms with E-state index in [1.54, 1.807) is 0 Å². The van der Waals surface area contributed by atoms with E-state index in [-0.39, 0.29) is 0 Å². The average molecular weight is 224 g/mol. The summed E-state index contributed by atoms with van der Waals surface area (Å²) in [5.74, 6) is 0.811. The Morgan fingerprint density at radius 2 is 1.94 bits per heavy atom. The first-order valence-electron chi connectivity index (χ1n) is 5.48. The van der Waals surface area contributed by atoms with Crippen LogP contribution in [0.3, 0.4) is 0 Å². The van der Waals surface area contributed by atoms with E-state index < -0.39 is 0 Å². The van der Waals surface area contributed by atoms with Gasteiger partial charge in [-0.25, -0.2) is 9.97 Å². The fourth-order valence-corrected chi connectivity index (χ4v) is 2.01. The van der Waals surface area contributed by atoms with Crippen LogP contribution in [0.5, 0.6) is 0 Å². The molecule has 0 radical (unpaired) electrons. The second-order valence-electron chi connectivity index (χ2n) is 4.08. The fraction of sp³-hybridized carbons (Fsp3) is 0.154. The molecule has 2 heterocycles. The molecule has 0 saturated carbocycles. The van der Waals surface area contributed by atoms with Crippen molar-refractivity contribution >= 4 is 10.9 Å². The van der Waals surface area contributed by atoms with E-state index in [0.29, 0.717) is 0 Å². The molecule has 0 bridgehead atoms. The number of nitrogens with zero attached hydrogens (tertiary/aromatic N) is 3. The van der Waals surface area contributed by atoms with Gasteiger partial charge in [0.1, 0.15) is 5.82 Å². The highest BCUT2D eigenvalue weighted by Gasteiger charge is 2.05. The molecule has 17 heavy (non-hydrogen) atoms. The Labute approximate surface area is 98.7 Å². The van der Waals surface area contributed by atoms with E-state index in [4.69, 9.17) is 0 Å². The van der Waals surface area contributed by atoms with Crippen LogP contribution in [-0.4, -0.2) is 20.2 Å². The van der Waals surface area contributed by atoms with Gasteiger partial charge in [-0.15, -0.1) is 0 Å². The monoisotopic (exact) mass is 224 g/mol. The summed E-state index contributed by atoms with van der Waals surface area (Å²) in [6, 6.07) is 6.19. The predicted octanol–water partition coefficient (Wildman–Crippen LogP) is 2.64. The highest BCUT2D eigenvalue weighted by molar-refractivity contribution is 5.85. The number of rotatable bonds is 1. The summed E-state index contributed by atoms with van der Waals surface area (Å²) >= 11 is 0. The summed E-state index contributed by atoms with van der Waals surface area (Å²) in [7, 11) is 0. The number of hydrogen-bond acceptors (Lipinski definition) is 3. The highest BCUT2D eigenvalue weighted by atomic mass is 15.1. The van der Waals surface area contributed by atoms with Crippen molar-refractivity contribution < 1.29 is 0 Å². The van der Waals surface area contributed by atoms with Crippen LogP contribution in [-0.2, 0) is 0 Å². The molecule has 1 N–H and O–H groups in total. The van der Waals surface area contributed by atoms with Gasteiger partial charge in [0, 0.05) is 22.8 Å². The molecule has 3 aromatic rings. The zero-order chi connectivity index (χ0) is 11.8. The minimum atomic E-state index is 0.811. The molecule has 1 aromatic carbocycles. The number of aryl methyl sites for hydroxylation is 2. The number of fused-ring (bicyclic) bond motifs is 1. The molecule has 84 valence electrons. The van der Waals surface area contributed by atoms with Crippen molar-refractivity contribution in [2.75, 3.05) is 0 Å². The number of hydrogen-bond donors (Lipinski definition) is 1. The number of nitrogens with one attached hydrogen (secondary N) is 1. The van der Waals surface area contributed by atoms with Crippen LogP contribution < -0.4 is 0 Å². The third-order valence-electron chi connectivity index (χ3n) is 2.83. The topological polar surface area (TPSA) is 54.5 Å². The third-order valence-corrected chi connectivity index (χ3v) is 2.83. The van der Waals surface area contributed by atoms with Crippen LogP contribution in [0.25, 0.3) is 22.0 Å². The number of benzene rings is 1. The lowest BCUT2D eigenvalue weighted by Crippen LogP contribution is -1.93. The van der Waals surface area contributed by atoms with Crippen LogP contribution in [0.4, 0.5) is 0 Å². The molecule has 0 atom stereocenters. The van der Waals surface area contributed by atoms with Crippen molar-refractivity contribution in [3.63, 3.8) is 0 Å². The number of aromatic nitrogens is 4. The molecular formula is C13H12N4. The normalized spacial score (nSPS) is 10.9. The first kappa shape index (κ1) is 9.96. The van der Waals surface area contributed by atoms with Gasteiger partial charge >= 0.3 is 0 Å². The molecule has 0 spiro atoms. The Balaban J connectivity index is 2.26. The van der Waals surface area contributed by atoms with Gasteiger partial charge in [-0.2, -0.15) is 5.10 Å². The standard InChI is InChI=1S/C13H12N4/c1-8-12-5-10(11-6-14-15-7-11)3-4-13(12)17-9(2)16-8/h3-7H,1-2H3,(H,14,15). The van der Waals surface area contributed by atoms with E-state index in [1.165, 1.54) is 0 Å². The van der Waals surface area contributed by atoms with Gasteiger partial charge in [0.15, 0.2) is 0 Å². The van der Waals surface area contributed by atoms with Crippen molar-refractivity contribution in [3.8, 4) is 11.1 Å². The van der Waals surface area contributed by atoms with Crippen LogP contribution in [0.15, 0.2) is 30.6 Å². The van der Waals surface area contributed by atoms with E-state index in [9.17, 15) is 0 Å². The summed E-state index contributed by atoms with van der Waals surface area (Å²) in [5, 5.41) is 7.87. The van der Waals surface area contributed by atoms with Crippen LogP contribution in [0, 0.1) is 13.8 Å². The first-order valence-corrected chi connectivity index (χ1v) is 5.48. The minimum absolute atomic E-state index is 0.811. The molecule has 0 saturated heterocycles. The Bertz CT molecular complexity index is 671. The first-order chi connectivity index (χ1) is 8.24. The van der Waals surface area contributed by atoms with Crippen LogP contribution >= 0.6 is 0 Å².